The van der Waals surface area contributed by atoms with Gasteiger partial charge in [-0.25, -0.2) is 9.18 Å². The summed E-state index contributed by atoms with van der Waals surface area (Å²) in [6, 6.07) is 21.1. The molecule has 25 heavy (non-hydrogen) atoms. The van der Waals surface area contributed by atoms with Crippen LogP contribution in [0, 0.1) is 5.82 Å². The Balaban J connectivity index is 1.72. The Morgan fingerprint density at radius 1 is 0.960 bits per heavy atom. The molecule has 0 radical (unpaired) electrons. The summed E-state index contributed by atoms with van der Waals surface area (Å²) >= 11 is 0. The lowest BCUT2D eigenvalue weighted by molar-refractivity contribution is 0.0692. The number of rotatable bonds is 5. The summed E-state index contributed by atoms with van der Waals surface area (Å²) in [6.45, 7) is 0. The molecular formula is C20H15FN2O2. The van der Waals surface area contributed by atoms with Gasteiger partial charge >= 0.3 is 5.97 Å². The SMILES string of the molecule is O=C(O)c1ccc(-c2ccc(C=NNc3ccccc3)cc2)cc1F. The van der Waals surface area contributed by atoms with Crippen LogP contribution in [0.15, 0.2) is 77.9 Å². The number of nitrogens with one attached hydrogen (secondary N) is 1. The molecule has 0 fully saturated rings. The molecule has 3 aromatic rings. The van der Waals surface area contributed by atoms with Crippen molar-refractivity contribution in [3.63, 3.8) is 0 Å². The van der Waals surface area contributed by atoms with Crippen LogP contribution < -0.4 is 5.43 Å². The molecule has 2 N–H and O–H groups in total. The van der Waals surface area contributed by atoms with E-state index in [9.17, 15) is 9.18 Å². The maximum atomic E-state index is 13.8. The van der Waals surface area contributed by atoms with Crippen molar-refractivity contribution in [2.75, 3.05) is 5.43 Å². The first kappa shape index (κ1) is 16.4. The van der Waals surface area contributed by atoms with E-state index in [2.05, 4.69) is 10.5 Å². The smallest absolute Gasteiger partial charge is 0.338 e. The fourth-order valence-corrected chi connectivity index (χ4v) is 2.32. The number of hydrogen-bond acceptors (Lipinski definition) is 3. The van der Waals surface area contributed by atoms with Crippen molar-refractivity contribution in [3.05, 3.63) is 89.7 Å². The average molecular weight is 334 g/mol. The van der Waals surface area contributed by atoms with Crippen LogP contribution in [0.25, 0.3) is 11.1 Å². The molecule has 0 saturated heterocycles. The van der Waals surface area contributed by atoms with Crippen molar-refractivity contribution in [2.45, 2.75) is 0 Å². The lowest BCUT2D eigenvalue weighted by Gasteiger charge is -2.04. The number of benzene rings is 3. The second-order valence-corrected chi connectivity index (χ2v) is 5.36. The zero-order valence-electron chi connectivity index (χ0n) is 13.2. The minimum atomic E-state index is -1.28. The Morgan fingerprint density at radius 2 is 1.64 bits per heavy atom. The summed E-state index contributed by atoms with van der Waals surface area (Å²) in [5.74, 6) is -2.02. The second kappa shape index (κ2) is 7.40. The first-order valence-electron chi connectivity index (χ1n) is 7.61. The third kappa shape index (κ3) is 4.09. The van der Waals surface area contributed by atoms with Crippen molar-refractivity contribution >= 4 is 17.9 Å². The van der Waals surface area contributed by atoms with Gasteiger partial charge in [-0.3, -0.25) is 5.43 Å². The summed E-state index contributed by atoms with van der Waals surface area (Å²) in [4.78, 5) is 10.9. The molecule has 0 amide bonds. The lowest BCUT2D eigenvalue weighted by Crippen LogP contribution is -2.00. The van der Waals surface area contributed by atoms with E-state index in [4.69, 9.17) is 5.11 Å². The van der Waals surface area contributed by atoms with Gasteiger partial charge in [0.05, 0.1) is 17.5 Å². The van der Waals surface area contributed by atoms with Crippen LogP contribution in [0.3, 0.4) is 0 Å². The molecular weight excluding hydrogens is 319 g/mol. The van der Waals surface area contributed by atoms with Crippen LogP contribution in [-0.2, 0) is 0 Å². The number of anilines is 1. The van der Waals surface area contributed by atoms with Crippen molar-refractivity contribution in [3.8, 4) is 11.1 Å². The quantitative estimate of drug-likeness (QED) is 0.528. The first-order chi connectivity index (χ1) is 12.1. The predicted molar refractivity (Wildman–Crippen MR) is 96.5 cm³/mol. The monoisotopic (exact) mass is 334 g/mol. The van der Waals surface area contributed by atoms with Gasteiger partial charge in [-0.1, -0.05) is 48.5 Å². The highest BCUT2D eigenvalue weighted by atomic mass is 19.1. The van der Waals surface area contributed by atoms with Crippen molar-refractivity contribution in [1.82, 2.24) is 0 Å². The van der Waals surface area contributed by atoms with Gasteiger partial charge in [0, 0.05) is 0 Å². The van der Waals surface area contributed by atoms with Gasteiger partial charge in [0.2, 0.25) is 0 Å². The van der Waals surface area contributed by atoms with Crippen LogP contribution in [0.5, 0.6) is 0 Å². The highest BCUT2D eigenvalue weighted by Gasteiger charge is 2.10. The molecule has 0 aliphatic carbocycles. The van der Waals surface area contributed by atoms with E-state index in [0.29, 0.717) is 5.56 Å². The van der Waals surface area contributed by atoms with E-state index in [1.807, 2.05) is 54.6 Å². The minimum Gasteiger partial charge on any atom is -0.478 e. The van der Waals surface area contributed by atoms with Gasteiger partial charge in [-0.05, 0) is 41.0 Å². The van der Waals surface area contributed by atoms with Crippen LogP contribution >= 0.6 is 0 Å². The third-order valence-electron chi connectivity index (χ3n) is 3.62. The molecule has 124 valence electrons. The first-order valence-corrected chi connectivity index (χ1v) is 7.61. The number of carbonyl (C=O) groups is 1. The van der Waals surface area contributed by atoms with Crippen LogP contribution in [0.1, 0.15) is 15.9 Å². The third-order valence-corrected chi connectivity index (χ3v) is 3.62. The van der Waals surface area contributed by atoms with Crippen LogP contribution in [-0.4, -0.2) is 17.3 Å². The van der Waals surface area contributed by atoms with Crippen molar-refractivity contribution in [2.24, 2.45) is 5.10 Å². The van der Waals surface area contributed by atoms with Crippen LogP contribution in [0.4, 0.5) is 10.1 Å². The standard InChI is InChI=1S/C20H15FN2O2/c21-19-12-16(10-11-18(19)20(24)25)15-8-6-14(7-9-15)13-22-23-17-4-2-1-3-5-17/h1-13,23H,(H,24,25). The highest BCUT2D eigenvalue weighted by molar-refractivity contribution is 5.89. The summed E-state index contributed by atoms with van der Waals surface area (Å²) in [6.07, 6.45) is 1.69. The van der Waals surface area contributed by atoms with Gasteiger partial charge in [0.25, 0.3) is 0 Å². The second-order valence-electron chi connectivity index (χ2n) is 5.36. The minimum absolute atomic E-state index is 0.334. The molecule has 0 aliphatic rings. The lowest BCUT2D eigenvalue weighted by atomic mass is 10.0. The maximum Gasteiger partial charge on any atom is 0.338 e. The fourth-order valence-electron chi connectivity index (χ4n) is 2.32. The molecule has 0 heterocycles. The average Bonchev–Trinajstić information content (AvgIpc) is 2.63. The summed E-state index contributed by atoms with van der Waals surface area (Å²) in [5.41, 5.74) is 5.79. The molecule has 3 aromatic carbocycles. The van der Waals surface area contributed by atoms with Gasteiger partial charge in [0.1, 0.15) is 5.82 Å². The van der Waals surface area contributed by atoms with Crippen molar-refractivity contribution in [1.29, 1.82) is 0 Å². The number of hydrazone groups is 1. The van der Waals surface area contributed by atoms with Gasteiger partial charge in [-0.2, -0.15) is 5.10 Å². The number of para-hydroxylation sites is 1. The normalized spacial score (nSPS) is 10.8. The Bertz CT molecular complexity index is 907. The van der Waals surface area contributed by atoms with E-state index < -0.39 is 11.8 Å². The molecule has 5 heteroatoms. The van der Waals surface area contributed by atoms with E-state index in [0.717, 1.165) is 16.8 Å². The predicted octanol–water partition coefficient (Wildman–Crippen LogP) is 4.64. The Kier molecular flexibility index (Phi) is 4.85. The largest absolute Gasteiger partial charge is 0.478 e. The Morgan fingerprint density at radius 3 is 2.28 bits per heavy atom. The van der Waals surface area contributed by atoms with Crippen molar-refractivity contribution < 1.29 is 14.3 Å². The van der Waals surface area contributed by atoms with E-state index in [-0.39, 0.29) is 5.56 Å². The highest BCUT2D eigenvalue weighted by Crippen LogP contribution is 2.22. The van der Waals surface area contributed by atoms with Gasteiger partial charge in [0.15, 0.2) is 0 Å². The number of carboxylic acids is 1. The summed E-state index contributed by atoms with van der Waals surface area (Å²) in [5, 5.41) is 13.0. The number of aromatic carboxylic acids is 1. The molecule has 0 aromatic heterocycles. The maximum absolute atomic E-state index is 13.8. The zero-order valence-corrected chi connectivity index (χ0v) is 13.2. The molecule has 0 bridgehead atoms. The van der Waals surface area contributed by atoms with Gasteiger partial charge in [-0.15, -0.1) is 0 Å². The fraction of sp³-hybridized carbons (Fsp3) is 0. The van der Waals surface area contributed by atoms with E-state index in [1.165, 1.54) is 12.1 Å². The molecule has 0 atom stereocenters. The van der Waals surface area contributed by atoms with Gasteiger partial charge < -0.3 is 5.11 Å². The number of hydrogen-bond donors (Lipinski definition) is 2. The molecule has 3 rings (SSSR count). The summed E-state index contributed by atoms with van der Waals surface area (Å²) < 4.78 is 13.8. The van der Waals surface area contributed by atoms with E-state index >= 15 is 0 Å². The molecule has 0 spiro atoms. The summed E-state index contributed by atoms with van der Waals surface area (Å²) in [7, 11) is 0. The Hall–Kier alpha value is -3.47. The zero-order chi connectivity index (χ0) is 17.6. The number of nitrogens with zero attached hydrogens (tertiary/aromatic N) is 1. The topological polar surface area (TPSA) is 61.7 Å². The van der Waals surface area contributed by atoms with Crippen LogP contribution in [0.2, 0.25) is 0 Å². The number of carboxylic acid groups (broad SMARTS) is 1. The molecule has 4 nitrogen and oxygen atoms in total. The number of halogens is 1. The Labute approximate surface area is 144 Å². The molecule has 0 saturated carbocycles. The molecule has 0 aliphatic heterocycles. The van der Waals surface area contributed by atoms with E-state index in [1.54, 1.807) is 12.3 Å². The molecule has 0 unspecified atom stereocenters.